The molecule has 0 saturated carbocycles. The Balaban J connectivity index is 1.92. The zero-order valence-corrected chi connectivity index (χ0v) is 12.9. The van der Waals surface area contributed by atoms with Gasteiger partial charge in [-0.25, -0.2) is 0 Å². The van der Waals surface area contributed by atoms with Crippen LogP contribution in [0.1, 0.15) is 23.1 Å². The number of nitrogens with zero attached hydrogens (tertiary/aromatic N) is 1. The Kier molecular flexibility index (Phi) is 3.92. The molecule has 1 aliphatic rings. The van der Waals surface area contributed by atoms with Crippen LogP contribution in [-0.2, 0) is 18.2 Å². The molecule has 0 bridgehead atoms. The average Bonchev–Trinajstić information content (AvgIpc) is 2.95. The molecule has 0 fully saturated rings. The van der Waals surface area contributed by atoms with Crippen LogP contribution in [0.15, 0.2) is 36.4 Å². The lowest BCUT2D eigenvalue weighted by Gasteiger charge is -2.09. The monoisotopic (exact) mass is 347 g/mol. The summed E-state index contributed by atoms with van der Waals surface area (Å²) in [5.41, 5.74) is 3.48. The lowest BCUT2D eigenvalue weighted by molar-refractivity contribution is -0.385. The van der Waals surface area contributed by atoms with Crippen molar-refractivity contribution in [2.75, 3.05) is 0 Å². The van der Waals surface area contributed by atoms with Gasteiger partial charge in [0.25, 0.3) is 0 Å². The Morgan fingerprint density at radius 2 is 1.95 bits per heavy atom. The molecule has 0 amide bonds. The largest absolute Gasteiger partial charge is 0.450 e. The van der Waals surface area contributed by atoms with E-state index in [1.54, 1.807) is 6.07 Å². The van der Waals surface area contributed by atoms with Crippen LogP contribution in [0.5, 0.6) is 11.5 Å². The second kappa shape index (κ2) is 5.85. The first-order chi connectivity index (χ1) is 10.2. The van der Waals surface area contributed by atoms with Gasteiger partial charge in [-0.15, -0.1) is 0 Å². The van der Waals surface area contributed by atoms with Crippen LogP contribution in [0.25, 0.3) is 0 Å². The molecular formula is C16H14BrNO3. The summed E-state index contributed by atoms with van der Waals surface area (Å²) in [7, 11) is 0. The predicted molar refractivity (Wildman–Crippen MR) is 84.3 cm³/mol. The maximum absolute atomic E-state index is 11.2. The zero-order valence-electron chi connectivity index (χ0n) is 11.3. The topological polar surface area (TPSA) is 52.4 Å². The van der Waals surface area contributed by atoms with E-state index in [1.165, 1.54) is 23.6 Å². The Labute approximate surface area is 131 Å². The van der Waals surface area contributed by atoms with Crippen molar-refractivity contribution in [3.63, 3.8) is 0 Å². The Bertz CT molecular complexity index is 700. The molecular weight excluding hydrogens is 334 g/mol. The summed E-state index contributed by atoms with van der Waals surface area (Å²) in [4.78, 5) is 10.8. The van der Waals surface area contributed by atoms with Crippen molar-refractivity contribution in [2.24, 2.45) is 0 Å². The smallest absolute Gasteiger partial charge is 0.311 e. The van der Waals surface area contributed by atoms with Gasteiger partial charge in [-0.3, -0.25) is 10.1 Å². The molecule has 2 aromatic rings. The molecule has 0 aliphatic heterocycles. The van der Waals surface area contributed by atoms with Gasteiger partial charge in [0.15, 0.2) is 0 Å². The molecule has 0 saturated heterocycles. The van der Waals surface area contributed by atoms with Gasteiger partial charge in [-0.05, 0) is 54.2 Å². The Morgan fingerprint density at radius 1 is 1.14 bits per heavy atom. The maximum Gasteiger partial charge on any atom is 0.311 e. The van der Waals surface area contributed by atoms with Crippen LogP contribution in [0.3, 0.4) is 0 Å². The van der Waals surface area contributed by atoms with Gasteiger partial charge >= 0.3 is 5.69 Å². The van der Waals surface area contributed by atoms with Gasteiger partial charge < -0.3 is 4.74 Å². The van der Waals surface area contributed by atoms with Crippen molar-refractivity contribution in [1.29, 1.82) is 0 Å². The Hall–Kier alpha value is -1.88. The molecule has 0 atom stereocenters. The first-order valence-electron chi connectivity index (χ1n) is 6.80. The molecule has 0 N–H and O–H groups in total. The highest BCUT2D eigenvalue weighted by Crippen LogP contribution is 2.34. The molecule has 0 radical (unpaired) electrons. The average molecular weight is 348 g/mol. The highest BCUT2D eigenvalue weighted by atomic mass is 79.9. The highest BCUT2D eigenvalue weighted by molar-refractivity contribution is 9.08. The van der Waals surface area contributed by atoms with Crippen LogP contribution in [0.2, 0.25) is 0 Å². The Morgan fingerprint density at radius 3 is 2.71 bits per heavy atom. The third kappa shape index (κ3) is 2.93. The number of nitro benzene ring substituents is 1. The number of alkyl halides is 1. The number of ether oxygens (including phenoxy) is 1. The number of fused-ring (bicyclic) bond motifs is 1. The first kappa shape index (κ1) is 14.1. The van der Waals surface area contributed by atoms with Crippen molar-refractivity contribution in [3.05, 3.63) is 63.2 Å². The third-order valence-electron chi connectivity index (χ3n) is 3.67. The molecule has 0 unspecified atom stereocenters. The summed E-state index contributed by atoms with van der Waals surface area (Å²) >= 11 is 3.30. The van der Waals surface area contributed by atoms with E-state index in [0.29, 0.717) is 11.1 Å². The van der Waals surface area contributed by atoms with Crippen LogP contribution in [0, 0.1) is 10.1 Å². The van der Waals surface area contributed by atoms with Crippen molar-refractivity contribution in [1.82, 2.24) is 0 Å². The predicted octanol–water partition coefficient (Wildman–Crippen LogP) is 4.77. The van der Waals surface area contributed by atoms with Gasteiger partial charge in [0.05, 0.1) is 4.92 Å². The fraction of sp³-hybridized carbons (Fsp3) is 0.250. The van der Waals surface area contributed by atoms with Gasteiger partial charge in [0.1, 0.15) is 5.75 Å². The summed E-state index contributed by atoms with van der Waals surface area (Å²) in [5.74, 6) is 0.938. The highest BCUT2D eigenvalue weighted by Gasteiger charge is 2.18. The van der Waals surface area contributed by atoms with Crippen LogP contribution in [0.4, 0.5) is 5.69 Å². The third-order valence-corrected chi connectivity index (χ3v) is 4.32. The molecule has 21 heavy (non-hydrogen) atoms. The molecule has 5 heteroatoms. The summed E-state index contributed by atoms with van der Waals surface area (Å²) in [6.45, 7) is 0. The minimum atomic E-state index is -0.408. The van der Waals surface area contributed by atoms with Crippen LogP contribution < -0.4 is 4.74 Å². The van der Waals surface area contributed by atoms with E-state index in [0.717, 1.165) is 18.4 Å². The lowest BCUT2D eigenvalue weighted by Crippen LogP contribution is -1.95. The van der Waals surface area contributed by atoms with E-state index in [9.17, 15) is 10.1 Å². The maximum atomic E-state index is 11.2. The number of benzene rings is 2. The number of rotatable bonds is 4. The lowest BCUT2D eigenvalue weighted by atomic mass is 10.1. The van der Waals surface area contributed by atoms with Gasteiger partial charge in [0, 0.05) is 11.4 Å². The van der Waals surface area contributed by atoms with Crippen LogP contribution >= 0.6 is 15.9 Å². The number of hydrogen-bond acceptors (Lipinski definition) is 3. The molecule has 0 spiro atoms. The van der Waals surface area contributed by atoms with Gasteiger partial charge in [-0.1, -0.05) is 28.1 Å². The van der Waals surface area contributed by atoms with Gasteiger partial charge in [-0.2, -0.15) is 0 Å². The summed E-state index contributed by atoms with van der Waals surface area (Å²) in [6.07, 6.45) is 3.33. The molecule has 3 rings (SSSR count). The fourth-order valence-electron chi connectivity index (χ4n) is 2.61. The minimum Gasteiger partial charge on any atom is -0.450 e. The molecule has 1 aliphatic carbocycles. The van der Waals surface area contributed by atoms with Crippen molar-refractivity contribution < 1.29 is 9.66 Å². The molecule has 2 aromatic carbocycles. The van der Waals surface area contributed by atoms with E-state index in [4.69, 9.17) is 4.74 Å². The fourth-order valence-corrected chi connectivity index (χ4v) is 2.96. The minimum absolute atomic E-state index is 0.00699. The van der Waals surface area contributed by atoms with Crippen molar-refractivity contribution in [2.45, 2.75) is 24.6 Å². The van der Waals surface area contributed by atoms with E-state index >= 15 is 0 Å². The van der Waals surface area contributed by atoms with E-state index in [2.05, 4.69) is 22.0 Å². The van der Waals surface area contributed by atoms with Crippen molar-refractivity contribution in [3.8, 4) is 11.5 Å². The van der Waals surface area contributed by atoms with Crippen molar-refractivity contribution >= 4 is 21.6 Å². The SMILES string of the molecule is O=[N+]([O-])c1cc(CBr)ccc1Oc1ccc2c(c1)CCC2. The second-order valence-electron chi connectivity index (χ2n) is 5.08. The summed E-state index contributed by atoms with van der Waals surface area (Å²) < 4.78 is 5.74. The summed E-state index contributed by atoms with van der Waals surface area (Å²) in [5, 5.41) is 11.8. The number of hydrogen-bond donors (Lipinski definition) is 0. The summed E-state index contributed by atoms with van der Waals surface area (Å²) in [6, 6.07) is 10.9. The van der Waals surface area contributed by atoms with E-state index in [-0.39, 0.29) is 11.4 Å². The molecule has 108 valence electrons. The first-order valence-corrected chi connectivity index (χ1v) is 7.92. The van der Waals surface area contributed by atoms with E-state index < -0.39 is 4.92 Å². The molecule has 0 heterocycles. The molecule has 4 nitrogen and oxygen atoms in total. The normalized spacial score (nSPS) is 13.0. The number of aryl methyl sites for hydroxylation is 2. The second-order valence-corrected chi connectivity index (χ2v) is 5.64. The van der Waals surface area contributed by atoms with Gasteiger partial charge in [0.2, 0.25) is 5.75 Å². The number of halogens is 1. The molecule has 0 aromatic heterocycles. The standard InChI is InChI=1S/C16H14BrNO3/c17-10-11-4-7-16(15(8-11)18(19)20)21-14-6-5-12-2-1-3-13(12)9-14/h4-9H,1-3,10H2. The number of nitro groups is 1. The van der Waals surface area contributed by atoms with E-state index in [1.807, 2.05) is 18.2 Å². The quantitative estimate of drug-likeness (QED) is 0.454. The zero-order chi connectivity index (χ0) is 14.8. The van der Waals surface area contributed by atoms with Crippen LogP contribution in [-0.4, -0.2) is 4.92 Å².